The van der Waals surface area contributed by atoms with E-state index >= 15 is 0 Å². The zero-order chi connectivity index (χ0) is 24.0. The van der Waals surface area contributed by atoms with Gasteiger partial charge in [-0.25, -0.2) is 14.5 Å². The van der Waals surface area contributed by atoms with Crippen LogP contribution in [-0.2, 0) is 0 Å². The van der Waals surface area contributed by atoms with E-state index in [1.165, 1.54) is 0 Å². The summed E-state index contributed by atoms with van der Waals surface area (Å²) in [6, 6.07) is 29.6. The van der Waals surface area contributed by atoms with Crippen molar-refractivity contribution in [3.05, 3.63) is 103 Å². The van der Waals surface area contributed by atoms with Gasteiger partial charge in [-0.05, 0) is 24.6 Å². The first kappa shape index (κ1) is 22.3. The van der Waals surface area contributed by atoms with Gasteiger partial charge in [-0.2, -0.15) is 5.10 Å². The van der Waals surface area contributed by atoms with Crippen molar-refractivity contribution in [1.29, 1.82) is 0 Å². The lowest BCUT2D eigenvalue weighted by molar-refractivity contribution is 0.0948. The van der Waals surface area contributed by atoms with Gasteiger partial charge in [-0.1, -0.05) is 66.7 Å². The number of nitrogens with one attached hydrogen (secondary N) is 1. The lowest BCUT2D eigenvalue weighted by Crippen LogP contribution is -2.28. The largest absolute Gasteiger partial charge is 0.360 e. The Kier molecular flexibility index (Phi) is 6.48. The van der Waals surface area contributed by atoms with E-state index in [9.17, 15) is 4.79 Å². The number of pyridine rings is 1. The van der Waals surface area contributed by atoms with Crippen LogP contribution in [-0.4, -0.2) is 45.6 Å². The SMILES string of the molecule is CN(CCCNC(=O)c1cc2nc(-c3ccccc3)cc(-c3ccccc3)n2n1)c1ccccn1. The number of aromatic nitrogens is 4. The van der Waals surface area contributed by atoms with Gasteiger partial charge in [-0.15, -0.1) is 0 Å². The van der Waals surface area contributed by atoms with Gasteiger partial charge in [0.15, 0.2) is 11.3 Å². The molecule has 0 saturated carbocycles. The first-order chi connectivity index (χ1) is 17.2. The summed E-state index contributed by atoms with van der Waals surface area (Å²) in [6.45, 7) is 1.32. The molecule has 3 heterocycles. The van der Waals surface area contributed by atoms with Gasteiger partial charge in [0, 0.05) is 43.5 Å². The molecule has 0 radical (unpaired) electrons. The molecule has 7 heteroatoms. The minimum absolute atomic E-state index is 0.212. The molecule has 2 aromatic carbocycles. The van der Waals surface area contributed by atoms with Gasteiger partial charge in [0.1, 0.15) is 5.82 Å². The minimum Gasteiger partial charge on any atom is -0.360 e. The van der Waals surface area contributed by atoms with Crippen molar-refractivity contribution in [3.8, 4) is 22.5 Å². The van der Waals surface area contributed by atoms with Crippen molar-refractivity contribution in [2.24, 2.45) is 0 Å². The maximum absolute atomic E-state index is 12.9. The fraction of sp³-hybridized carbons (Fsp3) is 0.143. The van der Waals surface area contributed by atoms with Crippen molar-refractivity contribution in [1.82, 2.24) is 24.9 Å². The molecule has 0 atom stereocenters. The van der Waals surface area contributed by atoms with Crippen LogP contribution in [0.15, 0.2) is 97.2 Å². The fourth-order valence-electron chi connectivity index (χ4n) is 3.96. The van der Waals surface area contributed by atoms with Crippen LogP contribution in [0.25, 0.3) is 28.2 Å². The van der Waals surface area contributed by atoms with Crippen LogP contribution in [0.4, 0.5) is 5.82 Å². The molecular weight excluding hydrogens is 436 g/mol. The van der Waals surface area contributed by atoms with Crippen molar-refractivity contribution >= 4 is 17.4 Å². The van der Waals surface area contributed by atoms with Crippen LogP contribution in [0, 0.1) is 0 Å². The number of anilines is 1. The Bertz CT molecular complexity index is 1420. The molecule has 0 spiro atoms. The quantitative estimate of drug-likeness (QED) is 0.338. The predicted molar refractivity (Wildman–Crippen MR) is 138 cm³/mol. The standard InChI is InChI=1S/C28H26N6O/c1-33(26-15-8-9-16-29-26)18-10-17-30-28(35)24-20-27-31-23(21-11-4-2-5-12-21)19-25(34(27)32-24)22-13-6-3-7-14-22/h2-9,11-16,19-20H,10,17-18H2,1H3,(H,30,35). The van der Waals surface area contributed by atoms with E-state index in [0.717, 1.165) is 41.3 Å². The molecular formula is C28H26N6O. The first-order valence-corrected chi connectivity index (χ1v) is 11.6. The number of hydrogen-bond acceptors (Lipinski definition) is 5. The summed E-state index contributed by atoms with van der Waals surface area (Å²) in [6.07, 6.45) is 2.57. The van der Waals surface area contributed by atoms with Gasteiger partial charge in [-0.3, -0.25) is 4.79 Å². The lowest BCUT2D eigenvalue weighted by Gasteiger charge is -2.17. The van der Waals surface area contributed by atoms with E-state index in [2.05, 4.69) is 20.3 Å². The van der Waals surface area contributed by atoms with Gasteiger partial charge >= 0.3 is 0 Å². The van der Waals surface area contributed by atoms with Crippen molar-refractivity contribution in [3.63, 3.8) is 0 Å². The van der Waals surface area contributed by atoms with E-state index < -0.39 is 0 Å². The molecule has 5 rings (SSSR count). The van der Waals surface area contributed by atoms with E-state index in [0.29, 0.717) is 17.9 Å². The second-order valence-corrected chi connectivity index (χ2v) is 8.28. The highest BCUT2D eigenvalue weighted by Gasteiger charge is 2.16. The normalized spacial score (nSPS) is 10.9. The molecule has 0 aliphatic heterocycles. The summed E-state index contributed by atoms with van der Waals surface area (Å²) in [7, 11) is 1.99. The van der Waals surface area contributed by atoms with E-state index in [-0.39, 0.29) is 5.91 Å². The molecule has 174 valence electrons. The molecule has 35 heavy (non-hydrogen) atoms. The average Bonchev–Trinajstić information content (AvgIpc) is 3.36. The van der Waals surface area contributed by atoms with Gasteiger partial charge in [0.05, 0.1) is 11.4 Å². The van der Waals surface area contributed by atoms with Gasteiger partial charge in [0.25, 0.3) is 5.91 Å². The highest BCUT2D eigenvalue weighted by atomic mass is 16.1. The van der Waals surface area contributed by atoms with Crippen molar-refractivity contribution in [2.45, 2.75) is 6.42 Å². The molecule has 1 N–H and O–H groups in total. The molecule has 1 amide bonds. The third-order valence-corrected chi connectivity index (χ3v) is 5.80. The van der Waals surface area contributed by atoms with E-state index in [1.54, 1.807) is 16.8 Å². The highest BCUT2D eigenvalue weighted by Crippen LogP contribution is 2.26. The number of hydrogen-bond donors (Lipinski definition) is 1. The molecule has 3 aromatic heterocycles. The Hall–Kier alpha value is -4.52. The summed E-state index contributed by atoms with van der Waals surface area (Å²) in [4.78, 5) is 24.1. The fourth-order valence-corrected chi connectivity index (χ4v) is 3.96. The molecule has 0 bridgehead atoms. The smallest absolute Gasteiger partial charge is 0.271 e. The van der Waals surface area contributed by atoms with E-state index in [1.807, 2.05) is 92.0 Å². The van der Waals surface area contributed by atoms with Crippen LogP contribution in [0.2, 0.25) is 0 Å². The van der Waals surface area contributed by atoms with Crippen LogP contribution < -0.4 is 10.2 Å². The van der Waals surface area contributed by atoms with Crippen LogP contribution >= 0.6 is 0 Å². The maximum atomic E-state index is 12.9. The number of carbonyl (C=O) groups excluding carboxylic acids is 1. The number of nitrogens with zero attached hydrogens (tertiary/aromatic N) is 5. The maximum Gasteiger partial charge on any atom is 0.271 e. The topological polar surface area (TPSA) is 75.4 Å². The molecule has 0 saturated heterocycles. The molecule has 0 fully saturated rings. The summed E-state index contributed by atoms with van der Waals surface area (Å²) in [5.41, 5.74) is 4.70. The Morgan fingerprint density at radius 3 is 2.34 bits per heavy atom. The van der Waals surface area contributed by atoms with Crippen LogP contribution in [0.1, 0.15) is 16.9 Å². The molecule has 0 aliphatic rings. The second kappa shape index (κ2) is 10.2. The number of amides is 1. The van der Waals surface area contributed by atoms with Crippen molar-refractivity contribution in [2.75, 3.05) is 25.0 Å². The number of carbonyl (C=O) groups is 1. The molecule has 0 unspecified atom stereocenters. The summed E-state index contributed by atoms with van der Waals surface area (Å²) >= 11 is 0. The lowest BCUT2D eigenvalue weighted by atomic mass is 10.1. The summed E-state index contributed by atoms with van der Waals surface area (Å²) in [5, 5.41) is 7.59. The monoisotopic (exact) mass is 462 g/mol. The Morgan fingerprint density at radius 1 is 0.914 bits per heavy atom. The average molecular weight is 463 g/mol. The third kappa shape index (κ3) is 5.04. The zero-order valence-corrected chi connectivity index (χ0v) is 19.5. The molecule has 7 nitrogen and oxygen atoms in total. The summed E-state index contributed by atoms with van der Waals surface area (Å²) < 4.78 is 1.74. The van der Waals surface area contributed by atoms with E-state index in [4.69, 9.17) is 4.98 Å². The summed E-state index contributed by atoms with van der Waals surface area (Å²) in [5.74, 6) is 0.698. The highest BCUT2D eigenvalue weighted by molar-refractivity contribution is 5.93. The molecule has 0 aliphatic carbocycles. The van der Waals surface area contributed by atoms with Crippen molar-refractivity contribution < 1.29 is 4.79 Å². The Labute approximate surface area is 204 Å². The Morgan fingerprint density at radius 2 is 1.63 bits per heavy atom. The van der Waals surface area contributed by atoms with Gasteiger partial charge < -0.3 is 10.2 Å². The Balaban J connectivity index is 1.35. The predicted octanol–water partition coefficient (Wildman–Crippen LogP) is 4.71. The first-order valence-electron chi connectivity index (χ1n) is 11.6. The minimum atomic E-state index is -0.212. The number of fused-ring (bicyclic) bond motifs is 1. The van der Waals surface area contributed by atoms with Crippen LogP contribution in [0.3, 0.4) is 0 Å². The zero-order valence-electron chi connectivity index (χ0n) is 19.5. The second-order valence-electron chi connectivity index (χ2n) is 8.28. The third-order valence-electron chi connectivity index (χ3n) is 5.80. The number of benzene rings is 2. The number of rotatable bonds is 8. The van der Waals surface area contributed by atoms with Crippen LogP contribution in [0.5, 0.6) is 0 Å². The van der Waals surface area contributed by atoms with Gasteiger partial charge in [0.2, 0.25) is 0 Å². The molecule has 5 aromatic rings.